The van der Waals surface area contributed by atoms with E-state index in [9.17, 15) is 0 Å². The Morgan fingerprint density at radius 1 is 1.35 bits per heavy atom. The number of aromatic nitrogens is 2. The number of benzene rings is 1. The predicted molar refractivity (Wildman–Crippen MR) is 68.7 cm³/mol. The van der Waals surface area contributed by atoms with Crippen LogP contribution in [-0.2, 0) is 0 Å². The average molecular weight is 228 g/mol. The summed E-state index contributed by atoms with van der Waals surface area (Å²) in [6, 6.07) is 8.39. The number of hydrogen-bond acceptors (Lipinski definition) is 4. The molecule has 1 aliphatic rings. The van der Waals surface area contributed by atoms with Gasteiger partial charge in [-0.3, -0.25) is 0 Å². The van der Waals surface area contributed by atoms with Gasteiger partial charge in [0, 0.05) is 18.0 Å². The Kier molecular flexibility index (Phi) is 2.65. The molecule has 1 fully saturated rings. The van der Waals surface area contributed by atoms with Crippen LogP contribution in [-0.4, -0.2) is 22.8 Å². The monoisotopic (exact) mass is 228 g/mol. The van der Waals surface area contributed by atoms with Crippen LogP contribution in [0.5, 0.6) is 0 Å². The van der Waals surface area contributed by atoms with Crippen LogP contribution in [0.2, 0.25) is 0 Å². The van der Waals surface area contributed by atoms with Gasteiger partial charge in [0.2, 0.25) is 0 Å². The molecule has 2 aromatic rings. The Balaban J connectivity index is 1.93. The van der Waals surface area contributed by atoms with Crippen molar-refractivity contribution < 1.29 is 0 Å². The summed E-state index contributed by atoms with van der Waals surface area (Å²) in [7, 11) is 0. The maximum atomic E-state index is 5.81. The quantitative estimate of drug-likeness (QED) is 0.837. The summed E-state index contributed by atoms with van der Waals surface area (Å²) in [5.74, 6) is 0.729. The first kappa shape index (κ1) is 10.5. The normalized spacial score (nSPS) is 17.0. The predicted octanol–water partition coefficient (Wildman–Crippen LogP) is 1.78. The molecule has 1 aliphatic carbocycles. The lowest BCUT2D eigenvalue weighted by atomic mass is 10.1. The zero-order valence-electron chi connectivity index (χ0n) is 9.63. The number of rotatable bonds is 4. The molecule has 3 N–H and O–H groups in total. The molecule has 1 aromatic heterocycles. The van der Waals surface area contributed by atoms with E-state index in [2.05, 4.69) is 21.6 Å². The van der Waals surface area contributed by atoms with Gasteiger partial charge in [0.15, 0.2) is 0 Å². The molecular formula is C13H16N4. The second-order valence-electron chi connectivity index (χ2n) is 4.60. The first-order valence-corrected chi connectivity index (χ1v) is 6.05. The molecule has 4 heteroatoms. The minimum absolute atomic E-state index is 0.364. The van der Waals surface area contributed by atoms with Gasteiger partial charge in [-0.15, -0.1) is 0 Å². The highest BCUT2D eigenvalue weighted by Gasteiger charge is 2.30. The highest BCUT2D eigenvalue weighted by atomic mass is 15.1. The van der Waals surface area contributed by atoms with E-state index in [1.807, 2.05) is 18.2 Å². The number of nitrogens with zero attached hydrogens (tertiary/aromatic N) is 2. The summed E-state index contributed by atoms with van der Waals surface area (Å²) in [6.45, 7) is 0.668. The van der Waals surface area contributed by atoms with Crippen molar-refractivity contribution >= 4 is 16.6 Å². The van der Waals surface area contributed by atoms with Crippen molar-refractivity contribution in [2.45, 2.75) is 18.9 Å². The topological polar surface area (TPSA) is 63.8 Å². The van der Waals surface area contributed by atoms with Crippen molar-refractivity contribution in [3.05, 3.63) is 30.5 Å². The van der Waals surface area contributed by atoms with Crippen molar-refractivity contribution in [1.82, 2.24) is 10.2 Å². The summed E-state index contributed by atoms with van der Waals surface area (Å²) >= 11 is 0. The Morgan fingerprint density at radius 2 is 2.18 bits per heavy atom. The van der Waals surface area contributed by atoms with Gasteiger partial charge in [-0.05, 0) is 24.8 Å². The number of anilines is 1. The molecule has 1 aromatic carbocycles. The lowest BCUT2D eigenvalue weighted by molar-refractivity contribution is 0.645. The Labute approximate surface area is 100 Å². The minimum atomic E-state index is 0.364. The van der Waals surface area contributed by atoms with Gasteiger partial charge in [0.1, 0.15) is 0 Å². The minimum Gasteiger partial charge on any atom is -0.379 e. The maximum Gasteiger partial charge on any atom is 0.0950 e. The molecule has 0 spiro atoms. The Hall–Kier alpha value is -1.68. The molecule has 88 valence electrons. The van der Waals surface area contributed by atoms with Gasteiger partial charge >= 0.3 is 0 Å². The van der Waals surface area contributed by atoms with Crippen LogP contribution in [0.3, 0.4) is 0 Å². The van der Waals surface area contributed by atoms with Crippen molar-refractivity contribution in [3.8, 4) is 0 Å². The zero-order valence-corrected chi connectivity index (χ0v) is 9.63. The Morgan fingerprint density at radius 3 is 2.94 bits per heavy atom. The average Bonchev–Trinajstić information content (AvgIpc) is 3.20. The number of fused-ring (bicyclic) bond motifs is 1. The second kappa shape index (κ2) is 4.30. The highest BCUT2D eigenvalue weighted by molar-refractivity contribution is 5.90. The zero-order chi connectivity index (χ0) is 11.7. The fraction of sp³-hybridized carbons (Fsp3) is 0.385. The molecule has 4 nitrogen and oxygen atoms in total. The van der Waals surface area contributed by atoms with E-state index >= 15 is 0 Å². The molecule has 0 saturated heterocycles. The van der Waals surface area contributed by atoms with Crippen molar-refractivity contribution in [2.24, 2.45) is 11.7 Å². The van der Waals surface area contributed by atoms with E-state index in [1.54, 1.807) is 6.20 Å². The molecule has 0 aliphatic heterocycles. The summed E-state index contributed by atoms with van der Waals surface area (Å²) in [4.78, 5) is 0. The van der Waals surface area contributed by atoms with Gasteiger partial charge in [-0.25, -0.2) is 0 Å². The molecular weight excluding hydrogens is 212 g/mol. The summed E-state index contributed by atoms with van der Waals surface area (Å²) in [6.07, 6.45) is 4.35. The lowest BCUT2D eigenvalue weighted by Crippen LogP contribution is -2.30. The fourth-order valence-electron chi connectivity index (χ4n) is 2.19. The molecule has 1 saturated carbocycles. The molecule has 1 heterocycles. The molecule has 0 amide bonds. The van der Waals surface area contributed by atoms with E-state index in [1.165, 1.54) is 12.8 Å². The largest absolute Gasteiger partial charge is 0.379 e. The van der Waals surface area contributed by atoms with Crippen LogP contribution >= 0.6 is 0 Å². The van der Waals surface area contributed by atoms with Gasteiger partial charge in [0.25, 0.3) is 0 Å². The van der Waals surface area contributed by atoms with Crippen molar-refractivity contribution in [2.75, 3.05) is 11.9 Å². The highest BCUT2D eigenvalue weighted by Crippen LogP contribution is 2.34. The summed E-state index contributed by atoms with van der Waals surface area (Å²) in [5.41, 5.74) is 7.77. The van der Waals surface area contributed by atoms with E-state index in [0.717, 1.165) is 22.5 Å². The van der Waals surface area contributed by atoms with Crippen molar-refractivity contribution in [3.63, 3.8) is 0 Å². The van der Waals surface area contributed by atoms with Gasteiger partial charge < -0.3 is 11.1 Å². The smallest absolute Gasteiger partial charge is 0.0950 e. The van der Waals surface area contributed by atoms with Crippen molar-refractivity contribution in [1.29, 1.82) is 0 Å². The third-order valence-corrected chi connectivity index (χ3v) is 3.33. The second-order valence-corrected chi connectivity index (χ2v) is 4.60. The summed E-state index contributed by atoms with van der Waals surface area (Å²) < 4.78 is 0. The molecule has 0 bridgehead atoms. The van der Waals surface area contributed by atoms with Crippen LogP contribution < -0.4 is 11.1 Å². The third-order valence-electron chi connectivity index (χ3n) is 3.33. The SMILES string of the molecule is NCC(Nc1cnnc2ccccc12)C1CC1. The molecule has 0 radical (unpaired) electrons. The molecule has 1 atom stereocenters. The molecule has 1 unspecified atom stereocenters. The standard InChI is InChI=1S/C13H16N4/c14-7-12(9-5-6-9)16-13-8-15-17-11-4-2-1-3-10(11)13/h1-4,8-9,12H,5-7,14H2,(H,16,17). The van der Waals surface area contributed by atoms with E-state index in [4.69, 9.17) is 5.73 Å². The van der Waals surface area contributed by atoms with Gasteiger partial charge in [0.05, 0.1) is 17.4 Å². The summed E-state index contributed by atoms with van der Waals surface area (Å²) in [5, 5.41) is 12.8. The van der Waals surface area contributed by atoms with Crippen LogP contribution in [0.4, 0.5) is 5.69 Å². The van der Waals surface area contributed by atoms with Crippen LogP contribution in [0.25, 0.3) is 10.9 Å². The van der Waals surface area contributed by atoms with E-state index < -0.39 is 0 Å². The Bertz CT molecular complexity index is 516. The molecule has 17 heavy (non-hydrogen) atoms. The first-order chi connectivity index (χ1) is 8.38. The van der Waals surface area contributed by atoms with Gasteiger partial charge in [-0.1, -0.05) is 18.2 Å². The third kappa shape index (κ3) is 2.08. The first-order valence-electron chi connectivity index (χ1n) is 6.05. The van der Waals surface area contributed by atoms with Crippen LogP contribution in [0, 0.1) is 5.92 Å². The molecule has 3 rings (SSSR count). The number of hydrogen-bond donors (Lipinski definition) is 2. The van der Waals surface area contributed by atoms with E-state index in [0.29, 0.717) is 12.6 Å². The number of nitrogens with two attached hydrogens (primary N) is 1. The number of nitrogens with one attached hydrogen (secondary N) is 1. The van der Waals surface area contributed by atoms with Crippen LogP contribution in [0.1, 0.15) is 12.8 Å². The maximum absolute atomic E-state index is 5.81. The lowest BCUT2D eigenvalue weighted by Gasteiger charge is -2.18. The van der Waals surface area contributed by atoms with Gasteiger partial charge in [-0.2, -0.15) is 10.2 Å². The van der Waals surface area contributed by atoms with Crippen LogP contribution in [0.15, 0.2) is 30.5 Å². The fourth-order valence-corrected chi connectivity index (χ4v) is 2.19. The van der Waals surface area contributed by atoms with E-state index in [-0.39, 0.29) is 0 Å².